The summed E-state index contributed by atoms with van der Waals surface area (Å²) < 4.78 is 10.6. The van der Waals surface area contributed by atoms with Crippen molar-refractivity contribution in [3.63, 3.8) is 0 Å². The third-order valence-corrected chi connectivity index (χ3v) is 2.29. The van der Waals surface area contributed by atoms with Gasteiger partial charge in [-0.1, -0.05) is 20.3 Å². The Hall–Kier alpha value is -1.10. The predicted molar refractivity (Wildman–Crippen MR) is 65.6 cm³/mol. The van der Waals surface area contributed by atoms with Crippen LogP contribution in [0.1, 0.15) is 33.6 Å². The van der Waals surface area contributed by atoms with Gasteiger partial charge in [-0.15, -0.1) is 4.98 Å². The highest BCUT2D eigenvalue weighted by atomic mass is 35.5. The van der Waals surface area contributed by atoms with E-state index in [4.69, 9.17) is 21.1 Å². The maximum Gasteiger partial charge on any atom is 0.323 e. The van der Waals surface area contributed by atoms with Crippen molar-refractivity contribution in [1.29, 1.82) is 0 Å². The van der Waals surface area contributed by atoms with Crippen LogP contribution in [0.5, 0.6) is 12.0 Å². The fraction of sp³-hybridized carbons (Fsp3) is 0.727. The number of halogens is 1. The van der Waals surface area contributed by atoms with Crippen molar-refractivity contribution in [3.05, 3.63) is 5.28 Å². The summed E-state index contributed by atoms with van der Waals surface area (Å²) in [6.45, 7) is 7.16. The minimum atomic E-state index is 0.0848. The average molecular weight is 260 g/mol. The molecule has 0 fully saturated rings. The Balaban J connectivity index is 2.57. The summed E-state index contributed by atoms with van der Waals surface area (Å²) in [4.78, 5) is 11.7. The van der Waals surface area contributed by atoms with E-state index in [9.17, 15) is 0 Å². The predicted octanol–water partition coefficient (Wildman–Crippen LogP) is 2.74. The number of hydrogen-bond donors (Lipinski definition) is 0. The molecule has 0 aliphatic heterocycles. The summed E-state index contributed by atoms with van der Waals surface area (Å²) in [5.41, 5.74) is 0. The van der Waals surface area contributed by atoms with Gasteiger partial charge in [0.25, 0.3) is 0 Å². The van der Waals surface area contributed by atoms with Crippen molar-refractivity contribution in [2.24, 2.45) is 5.92 Å². The highest BCUT2D eigenvalue weighted by molar-refractivity contribution is 6.28. The van der Waals surface area contributed by atoms with Crippen molar-refractivity contribution >= 4 is 11.6 Å². The second-order valence-electron chi connectivity index (χ2n) is 3.81. The number of rotatable bonds is 7. The number of ether oxygens (including phenoxy) is 2. The molecular weight excluding hydrogens is 242 g/mol. The lowest BCUT2D eigenvalue weighted by Crippen LogP contribution is -2.11. The highest BCUT2D eigenvalue weighted by Crippen LogP contribution is 2.14. The van der Waals surface area contributed by atoms with Crippen LogP contribution in [0.15, 0.2) is 0 Å². The number of hydrogen-bond acceptors (Lipinski definition) is 5. The Morgan fingerprint density at radius 3 is 2.35 bits per heavy atom. The third kappa shape index (κ3) is 5.17. The van der Waals surface area contributed by atoms with Crippen molar-refractivity contribution < 1.29 is 9.47 Å². The molecule has 0 saturated carbocycles. The molecule has 96 valence electrons. The van der Waals surface area contributed by atoms with Crippen LogP contribution in [-0.2, 0) is 0 Å². The van der Waals surface area contributed by atoms with E-state index in [-0.39, 0.29) is 17.3 Å². The van der Waals surface area contributed by atoms with E-state index in [1.165, 1.54) is 0 Å². The molecular formula is C11H18ClN3O2. The molecule has 1 aromatic heterocycles. The summed E-state index contributed by atoms with van der Waals surface area (Å²) in [6.07, 6.45) is 2.24. The molecule has 5 nitrogen and oxygen atoms in total. The molecule has 0 aliphatic carbocycles. The zero-order valence-electron chi connectivity index (χ0n) is 10.4. The Bertz CT molecular complexity index is 349. The van der Waals surface area contributed by atoms with Gasteiger partial charge in [0.15, 0.2) is 0 Å². The summed E-state index contributed by atoms with van der Waals surface area (Å²) in [5, 5.41) is 0.0848. The lowest BCUT2D eigenvalue weighted by molar-refractivity contribution is 0.225. The first-order valence-electron chi connectivity index (χ1n) is 5.82. The van der Waals surface area contributed by atoms with E-state index in [1.807, 2.05) is 6.92 Å². The monoisotopic (exact) mass is 259 g/mol. The summed E-state index contributed by atoms with van der Waals surface area (Å²) >= 11 is 5.74. The molecule has 1 heterocycles. The van der Waals surface area contributed by atoms with E-state index in [1.54, 1.807) is 0 Å². The van der Waals surface area contributed by atoms with E-state index < -0.39 is 0 Å². The van der Waals surface area contributed by atoms with Gasteiger partial charge in [0.2, 0.25) is 5.28 Å². The first-order valence-corrected chi connectivity index (χ1v) is 6.20. The largest absolute Gasteiger partial charge is 0.464 e. The average Bonchev–Trinajstić information content (AvgIpc) is 2.26. The third-order valence-electron chi connectivity index (χ3n) is 2.12. The van der Waals surface area contributed by atoms with Crippen LogP contribution in [0.4, 0.5) is 0 Å². The molecule has 6 heteroatoms. The van der Waals surface area contributed by atoms with Gasteiger partial charge >= 0.3 is 12.0 Å². The quantitative estimate of drug-likeness (QED) is 0.754. The normalized spacial score (nSPS) is 12.2. The Kier molecular flexibility index (Phi) is 5.97. The van der Waals surface area contributed by atoms with Gasteiger partial charge in [0, 0.05) is 0 Å². The Morgan fingerprint density at radius 1 is 1.12 bits per heavy atom. The van der Waals surface area contributed by atoms with Gasteiger partial charge in [0.1, 0.15) is 0 Å². The molecule has 1 rings (SSSR count). The highest BCUT2D eigenvalue weighted by Gasteiger charge is 2.08. The standard InChI is InChI=1S/C11H18ClN3O2/c1-4-6-8(3)7-17-11-14-9(12)13-10(15-11)16-5-2/h8H,4-7H2,1-3H3. The van der Waals surface area contributed by atoms with Crippen LogP contribution in [0.2, 0.25) is 5.28 Å². The minimum absolute atomic E-state index is 0.0848. The molecule has 1 unspecified atom stereocenters. The Labute approximate surface area is 107 Å². The molecule has 0 aromatic carbocycles. The van der Waals surface area contributed by atoms with Gasteiger partial charge in [-0.05, 0) is 30.9 Å². The second kappa shape index (κ2) is 7.27. The topological polar surface area (TPSA) is 57.1 Å². The molecule has 1 atom stereocenters. The molecule has 17 heavy (non-hydrogen) atoms. The number of aromatic nitrogens is 3. The van der Waals surface area contributed by atoms with Gasteiger partial charge in [0.05, 0.1) is 13.2 Å². The minimum Gasteiger partial charge on any atom is -0.464 e. The van der Waals surface area contributed by atoms with Crippen LogP contribution < -0.4 is 9.47 Å². The fourth-order valence-corrected chi connectivity index (χ4v) is 1.51. The summed E-state index contributed by atoms with van der Waals surface area (Å²) in [6, 6.07) is 0.419. The maximum absolute atomic E-state index is 5.74. The van der Waals surface area contributed by atoms with E-state index >= 15 is 0 Å². The van der Waals surface area contributed by atoms with Crippen molar-refractivity contribution in [2.75, 3.05) is 13.2 Å². The smallest absolute Gasteiger partial charge is 0.323 e. The molecule has 0 radical (unpaired) electrons. The fourth-order valence-electron chi connectivity index (χ4n) is 1.37. The van der Waals surface area contributed by atoms with Gasteiger partial charge in [-0.3, -0.25) is 0 Å². The van der Waals surface area contributed by atoms with Crippen LogP contribution in [0, 0.1) is 5.92 Å². The SMILES string of the molecule is CCCC(C)COc1nc(Cl)nc(OCC)n1. The molecule has 0 saturated heterocycles. The molecule has 0 spiro atoms. The van der Waals surface area contributed by atoms with Crippen LogP contribution in [0.25, 0.3) is 0 Å². The van der Waals surface area contributed by atoms with Crippen molar-refractivity contribution in [1.82, 2.24) is 15.0 Å². The second-order valence-corrected chi connectivity index (χ2v) is 4.15. The molecule has 0 N–H and O–H groups in total. The van der Waals surface area contributed by atoms with Gasteiger partial charge in [-0.2, -0.15) is 9.97 Å². The zero-order chi connectivity index (χ0) is 12.7. The van der Waals surface area contributed by atoms with Crippen LogP contribution >= 0.6 is 11.6 Å². The van der Waals surface area contributed by atoms with Crippen LogP contribution in [-0.4, -0.2) is 28.2 Å². The van der Waals surface area contributed by atoms with Crippen molar-refractivity contribution in [2.45, 2.75) is 33.6 Å². The zero-order valence-corrected chi connectivity index (χ0v) is 11.2. The molecule has 0 bridgehead atoms. The van der Waals surface area contributed by atoms with E-state index in [2.05, 4.69) is 28.8 Å². The van der Waals surface area contributed by atoms with Crippen LogP contribution in [0.3, 0.4) is 0 Å². The van der Waals surface area contributed by atoms with E-state index in [0.29, 0.717) is 19.1 Å². The number of nitrogens with zero attached hydrogens (tertiary/aromatic N) is 3. The van der Waals surface area contributed by atoms with E-state index in [0.717, 1.165) is 12.8 Å². The lowest BCUT2D eigenvalue weighted by atomic mass is 10.1. The Morgan fingerprint density at radius 2 is 1.76 bits per heavy atom. The summed E-state index contributed by atoms with van der Waals surface area (Å²) in [7, 11) is 0. The molecule has 1 aromatic rings. The van der Waals surface area contributed by atoms with Gasteiger partial charge < -0.3 is 9.47 Å². The molecule has 0 aliphatic rings. The summed E-state index contributed by atoms with van der Waals surface area (Å²) in [5.74, 6) is 0.464. The molecule has 0 amide bonds. The lowest BCUT2D eigenvalue weighted by Gasteiger charge is -2.11. The maximum atomic E-state index is 5.74. The first-order chi connectivity index (χ1) is 8.15. The first kappa shape index (κ1) is 14.0. The van der Waals surface area contributed by atoms with Crippen molar-refractivity contribution in [3.8, 4) is 12.0 Å². The van der Waals surface area contributed by atoms with Gasteiger partial charge in [-0.25, -0.2) is 0 Å².